The van der Waals surface area contributed by atoms with Crippen LogP contribution in [0.25, 0.3) is 0 Å². The van der Waals surface area contributed by atoms with Gasteiger partial charge >= 0.3 is 11.9 Å². The van der Waals surface area contributed by atoms with Crippen LogP contribution in [0.3, 0.4) is 0 Å². The number of halogens is 1. The van der Waals surface area contributed by atoms with E-state index < -0.39 is 10.8 Å². The minimum Gasteiger partial charge on any atom is -0.449 e. The number of hydrogen-bond donors (Lipinski definition) is 1. The molecule has 2 aromatic heterocycles. The number of H-pyrrole nitrogens is 1. The smallest absolute Gasteiger partial charge is 0.312 e. The molecule has 0 atom stereocenters. The number of carbonyl (C=O) groups excluding carboxylic acids is 6. The molecule has 4 heterocycles. The molecule has 4 amide bonds. The molecule has 2 aromatic carbocycles. The van der Waals surface area contributed by atoms with E-state index in [0.29, 0.717) is 47.3 Å². The first-order chi connectivity index (χ1) is 25.0. The van der Waals surface area contributed by atoms with Gasteiger partial charge in [0.2, 0.25) is 0 Å². The van der Waals surface area contributed by atoms with E-state index in [1.54, 1.807) is 120 Å². The molecule has 2 aliphatic rings. The Kier molecular flexibility index (Phi) is 13.1. The first kappa shape index (κ1) is 40.1. The Bertz CT molecular complexity index is 1890. The van der Waals surface area contributed by atoms with Gasteiger partial charge in [0.25, 0.3) is 23.6 Å². The zero-order valence-corrected chi connectivity index (χ0v) is 31.3. The Balaban J connectivity index is 0.000000201. The lowest BCUT2D eigenvalue weighted by atomic mass is 9.97. The maximum Gasteiger partial charge on any atom is 0.312 e. The molecule has 6 rings (SSSR count). The molecule has 4 aromatic rings. The summed E-state index contributed by atoms with van der Waals surface area (Å²) >= 11 is 5.16. The predicted octanol–water partition coefficient (Wildman–Crippen LogP) is 5.29. The number of esters is 2. The molecule has 2 aliphatic heterocycles. The molecule has 0 saturated carbocycles. The molecule has 0 radical (unpaired) electrons. The normalized spacial score (nSPS) is 13.5. The largest absolute Gasteiger partial charge is 0.449 e. The van der Waals surface area contributed by atoms with E-state index in [-0.39, 0.29) is 54.9 Å². The molecule has 15 heteroatoms. The molecule has 0 fully saturated rings. The van der Waals surface area contributed by atoms with Gasteiger partial charge in [-0.15, -0.1) is 0 Å². The fraction of sp³-hybridized carbons (Fsp3) is 0.368. The number of imide groups is 2. The van der Waals surface area contributed by atoms with Crippen LogP contribution in [0.5, 0.6) is 0 Å². The molecule has 0 bridgehead atoms. The Morgan fingerprint density at radius 1 is 0.717 bits per heavy atom. The van der Waals surface area contributed by atoms with Gasteiger partial charge in [0.15, 0.2) is 12.8 Å². The lowest BCUT2D eigenvalue weighted by Crippen LogP contribution is -2.31. The first-order valence-corrected chi connectivity index (χ1v) is 17.3. The van der Waals surface area contributed by atoms with Gasteiger partial charge in [-0.1, -0.05) is 35.9 Å². The van der Waals surface area contributed by atoms with Crippen LogP contribution in [0.4, 0.5) is 0 Å². The van der Waals surface area contributed by atoms with Crippen molar-refractivity contribution in [2.75, 3.05) is 19.2 Å². The molecule has 0 unspecified atom stereocenters. The fourth-order valence-corrected chi connectivity index (χ4v) is 5.09. The number of benzene rings is 2. The average Bonchev–Trinajstić information content (AvgIpc) is 3.90. The van der Waals surface area contributed by atoms with Crippen molar-refractivity contribution in [3.63, 3.8) is 0 Å². The SMILES string of the molecule is CC(C)(C)C(=O)OCCl.CC(C)(C)C(=O)OCn1cnc(CCN2C(=O)c3ccccc3C2=O)c1.O=C1c2ccccc2C(=O)N1CCc1cnc[nH]1. The third-order valence-corrected chi connectivity index (χ3v) is 8.06. The molecule has 1 N–H and O–H groups in total. The van der Waals surface area contributed by atoms with Gasteiger partial charge in [0.05, 0.1) is 51.4 Å². The maximum atomic E-state index is 12.3. The van der Waals surface area contributed by atoms with Crippen LogP contribution in [0.15, 0.2) is 73.6 Å². The zero-order valence-electron chi connectivity index (χ0n) is 30.6. The number of nitrogens with zero attached hydrogens (tertiary/aromatic N) is 5. The predicted molar refractivity (Wildman–Crippen MR) is 194 cm³/mol. The molecular weight excluding hydrogens is 704 g/mol. The molecule has 14 nitrogen and oxygen atoms in total. The molecular formula is C38H43ClN6O8. The topological polar surface area (TPSA) is 174 Å². The van der Waals surface area contributed by atoms with Gasteiger partial charge in [-0.3, -0.25) is 38.6 Å². The number of hydrogen-bond acceptors (Lipinski definition) is 10. The third-order valence-electron chi connectivity index (χ3n) is 7.95. The summed E-state index contributed by atoms with van der Waals surface area (Å²) in [4.78, 5) is 84.9. The summed E-state index contributed by atoms with van der Waals surface area (Å²) in [6, 6.07) is 13.7. The van der Waals surface area contributed by atoms with Crippen molar-refractivity contribution >= 4 is 47.2 Å². The third kappa shape index (κ3) is 10.3. The van der Waals surface area contributed by atoms with E-state index in [1.807, 2.05) is 0 Å². The molecule has 280 valence electrons. The number of carbonyl (C=O) groups is 6. The van der Waals surface area contributed by atoms with Crippen molar-refractivity contribution in [2.24, 2.45) is 10.8 Å². The van der Waals surface area contributed by atoms with Gasteiger partial charge in [0, 0.05) is 44.0 Å². The van der Waals surface area contributed by atoms with Gasteiger partial charge in [-0.05, 0) is 65.8 Å². The van der Waals surface area contributed by atoms with Crippen molar-refractivity contribution in [3.05, 3.63) is 107 Å². The fourth-order valence-electron chi connectivity index (χ4n) is 4.99. The van der Waals surface area contributed by atoms with E-state index in [4.69, 9.17) is 16.3 Å². The minimum absolute atomic E-state index is 0.0594. The van der Waals surface area contributed by atoms with E-state index >= 15 is 0 Å². The van der Waals surface area contributed by atoms with Crippen molar-refractivity contribution in [1.82, 2.24) is 29.3 Å². The number of rotatable bonds is 9. The van der Waals surface area contributed by atoms with E-state index in [1.165, 1.54) is 9.80 Å². The van der Waals surface area contributed by atoms with Gasteiger partial charge in [-0.2, -0.15) is 0 Å². The second-order valence-electron chi connectivity index (χ2n) is 14.2. The van der Waals surface area contributed by atoms with E-state index in [9.17, 15) is 28.8 Å². The Labute approximate surface area is 312 Å². The highest BCUT2D eigenvalue weighted by Crippen LogP contribution is 2.24. The van der Waals surface area contributed by atoms with E-state index in [2.05, 4.69) is 19.7 Å². The molecule has 0 aliphatic carbocycles. The maximum absolute atomic E-state index is 12.3. The van der Waals surface area contributed by atoms with Crippen LogP contribution in [0.1, 0.15) is 94.4 Å². The van der Waals surface area contributed by atoms with Crippen molar-refractivity contribution in [1.29, 1.82) is 0 Å². The van der Waals surface area contributed by atoms with Crippen LogP contribution >= 0.6 is 11.6 Å². The zero-order chi connectivity index (χ0) is 38.9. The molecule has 53 heavy (non-hydrogen) atoms. The van der Waals surface area contributed by atoms with Crippen LogP contribution in [-0.4, -0.2) is 84.0 Å². The van der Waals surface area contributed by atoms with Crippen LogP contribution in [-0.2, 0) is 38.6 Å². The number of imidazole rings is 2. The summed E-state index contributed by atoms with van der Waals surface area (Å²) in [6.45, 7) is 11.4. The van der Waals surface area contributed by atoms with Crippen molar-refractivity contribution in [3.8, 4) is 0 Å². The number of ether oxygens (including phenoxy) is 2. The average molecular weight is 747 g/mol. The van der Waals surface area contributed by atoms with E-state index in [0.717, 1.165) is 5.69 Å². The second-order valence-corrected chi connectivity index (χ2v) is 14.4. The number of aromatic amines is 1. The van der Waals surface area contributed by atoms with Crippen molar-refractivity contribution < 1.29 is 38.2 Å². The lowest BCUT2D eigenvalue weighted by molar-refractivity contribution is -0.157. The Morgan fingerprint density at radius 2 is 1.17 bits per heavy atom. The van der Waals surface area contributed by atoms with Gasteiger partial charge in [0.1, 0.15) is 0 Å². The van der Waals surface area contributed by atoms with Gasteiger partial charge < -0.3 is 19.0 Å². The highest BCUT2D eigenvalue weighted by atomic mass is 35.5. The number of aromatic nitrogens is 4. The van der Waals surface area contributed by atoms with Gasteiger partial charge in [-0.25, -0.2) is 9.97 Å². The quantitative estimate of drug-likeness (QED) is 0.135. The number of amides is 4. The Morgan fingerprint density at radius 3 is 1.57 bits per heavy atom. The monoisotopic (exact) mass is 746 g/mol. The Hall–Kier alpha value is -5.63. The summed E-state index contributed by atoms with van der Waals surface area (Å²) in [6.07, 6.45) is 7.61. The summed E-state index contributed by atoms with van der Waals surface area (Å²) in [5.41, 5.74) is 2.50. The molecule has 0 spiro atoms. The second kappa shape index (κ2) is 17.3. The number of alkyl halides is 1. The standard InChI is InChI=1S/C19H21N3O4.C13H11N3O2.C6H11ClO2/c1-19(2,3)18(25)26-12-21-10-13(20-11-21)8-9-22-16(23)14-6-4-5-7-15(14)17(22)24;17-12-10-3-1-2-4-11(10)13(18)16(12)6-5-9-7-14-8-15-9;1-6(2,3)5(8)9-4-7/h4-7,10-11H,8-9,12H2,1-3H3;1-4,7-8H,5-6H2,(H,14,15);4H2,1-3H3. The summed E-state index contributed by atoms with van der Waals surface area (Å²) in [5.74, 6) is -1.53. The first-order valence-electron chi connectivity index (χ1n) is 16.8. The van der Waals surface area contributed by atoms with Crippen LogP contribution in [0, 0.1) is 10.8 Å². The highest BCUT2D eigenvalue weighted by Gasteiger charge is 2.35. The summed E-state index contributed by atoms with van der Waals surface area (Å²) in [7, 11) is 0. The summed E-state index contributed by atoms with van der Waals surface area (Å²) in [5, 5.41) is 0. The highest BCUT2D eigenvalue weighted by molar-refractivity contribution is 6.22. The van der Waals surface area contributed by atoms with Crippen molar-refractivity contribution in [2.45, 2.75) is 61.1 Å². The number of fused-ring (bicyclic) bond motifs is 2. The van der Waals surface area contributed by atoms with Crippen LogP contribution in [0.2, 0.25) is 0 Å². The van der Waals surface area contributed by atoms with Crippen LogP contribution < -0.4 is 0 Å². The summed E-state index contributed by atoms with van der Waals surface area (Å²) < 4.78 is 11.4. The lowest BCUT2D eigenvalue weighted by Gasteiger charge is -2.16. The molecule has 0 saturated heterocycles. The number of nitrogens with one attached hydrogen (secondary N) is 1. The minimum atomic E-state index is -0.561.